The molecule has 0 N–H and O–H groups in total. The van der Waals surface area contributed by atoms with E-state index in [-0.39, 0.29) is 18.4 Å². The van der Waals surface area contributed by atoms with E-state index < -0.39 is 11.6 Å². The minimum absolute atomic E-state index is 0.0833. The number of carbonyl (C=O) groups is 1. The topological polar surface area (TPSA) is 72.6 Å². The molecule has 1 saturated heterocycles. The number of aromatic nitrogens is 4. The number of fused-ring (bicyclic) bond motifs is 1. The number of rotatable bonds is 5. The molecule has 1 aliphatic rings. The first-order chi connectivity index (χ1) is 14.0. The van der Waals surface area contributed by atoms with Crippen LogP contribution in [0.2, 0.25) is 0 Å². The third-order valence-electron chi connectivity index (χ3n) is 5.24. The highest BCUT2D eigenvalue weighted by Gasteiger charge is 2.26. The Labute approximate surface area is 166 Å². The molecule has 29 heavy (non-hydrogen) atoms. The summed E-state index contributed by atoms with van der Waals surface area (Å²) in [4.78, 5) is 17.5. The van der Waals surface area contributed by atoms with Gasteiger partial charge in [0, 0.05) is 32.4 Å². The van der Waals surface area contributed by atoms with Gasteiger partial charge in [0.15, 0.2) is 17.3 Å². The van der Waals surface area contributed by atoms with Crippen LogP contribution in [0, 0.1) is 11.6 Å². The molecular formula is C20H21F2N5O2. The minimum Gasteiger partial charge on any atom is -0.477 e. The van der Waals surface area contributed by atoms with Gasteiger partial charge < -0.3 is 9.64 Å². The number of hydrogen-bond acceptors (Lipinski definition) is 5. The average Bonchev–Trinajstić information content (AvgIpc) is 3.16. The van der Waals surface area contributed by atoms with Crippen LogP contribution < -0.4 is 4.74 Å². The minimum atomic E-state index is -0.871. The Kier molecular flexibility index (Phi) is 5.37. The average molecular weight is 401 g/mol. The van der Waals surface area contributed by atoms with Crippen molar-refractivity contribution in [3.8, 4) is 5.88 Å². The van der Waals surface area contributed by atoms with E-state index in [0.717, 1.165) is 24.7 Å². The lowest BCUT2D eigenvalue weighted by molar-refractivity contribution is -0.129. The van der Waals surface area contributed by atoms with Gasteiger partial charge in [-0.1, -0.05) is 6.07 Å². The molecule has 7 nitrogen and oxygen atoms in total. The molecule has 0 unspecified atom stereocenters. The van der Waals surface area contributed by atoms with Gasteiger partial charge in [0.25, 0.3) is 0 Å². The van der Waals surface area contributed by atoms with Crippen molar-refractivity contribution in [3.63, 3.8) is 0 Å². The molecule has 0 atom stereocenters. The summed E-state index contributed by atoms with van der Waals surface area (Å²) < 4.78 is 34.1. The highest BCUT2D eigenvalue weighted by Crippen LogP contribution is 2.29. The van der Waals surface area contributed by atoms with Gasteiger partial charge in [-0.05, 0) is 30.5 Å². The molecule has 0 bridgehead atoms. The first kappa shape index (κ1) is 19.2. The third kappa shape index (κ3) is 4.03. The van der Waals surface area contributed by atoms with Gasteiger partial charge in [-0.3, -0.25) is 9.78 Å². The molecule has 2 aromatic heterocycles. The Hall–Kier alpha value is -3.10. The fraction of sp³-hybridized carbons (Fsp3) is 0.400. The van der Waals surface area contributed by atoms with Gasteiger partial charge >= 0.3 is 0 Å². The van der Waals surface area contributed by atoms with Crippen molar-refractivity contribution < 1.29 is 18.3 Å². The van der Waals surface area contributed by atoms with E-state index in [2.05, 4.69) is 15.2 Å². The summed E-state index contributed by atoms with van der Waals surface area (Å²) in [7, 11) is 0. The van der Waals surface area contributed by atoms with Crippen LogP contribution in [0.3, 0.4) is 0 Å². The van der Waals surface area contributed by atoms with Crippen molar-refractivity contribution in [2.24, 2.45) is 0 Å². The molecule has 0 spiro atoms. The number of ether oxygens (including phenoxy) is 1. The molecule has 3 heterocycles. The third-order valence-corrected chi connectivity index (χ3v) is 5.24. The number of piperidine rings is 1. The van der Waals surface area contributed by atoms with E-state index in [9.17, 15) is 13.6 Å². The van der Waals surface area contributed by atoms with Crippen LogP contribution in [0.15, 0.2) is 30.6 Å². The van der Waals surface area contributed by atoms with Crippen molar-refractivity contribution in [3.05, 3.63) is 53.6 Å². The summed E-state index contributed by atoms with van der Waals surface area (Å²) in [6.45, 7) is 3.22. The van der Waals surface area contributed by atoms with E-state index in [4.69, 9.17) is 4.74 Å². The molecule has 9 heteroatoms. The molecule has 1 aromatic carbocycles. The summed E-state index contributed by atoms with van der Waals surface area (Å²) >= 11 is 0. The number of nitrogens with zero attached hydrogens (tertiary/aromatic N) is 5. The highest BCUT2D eigenvalue weighted by atomic mass is 19.2. The molecule has 3 aromatic rings. The smallest absolute Gasteiger partial charge is 0.219 e. The van der Waals surface area contributed by atoms with Crippen LogP contribution in [-0.4, -0.2) is 50.1 Å². The highest BCUT2D eigenvalue weighted by molar-refractivity contribution is 5.73. The molecule has 0 saturated carbocycles. The van der Waals surface area contributed by atoms with Gasteiger partial charge in [0.2, 0.25) is 11.8 Å². The normalized spacial score (nSPS) is 15.1. The number of benzene rings is 1. The Morgan fingerprint density at radius 1 is 1.17 bits per heavy atom. The van der Waals surface area contributed by atoms with Gasteiger partial charge in [-0.2, -0.15) is 0 Å². The molecule has 1 aliphatic heterocycles. The predicted octanol–water partition coefficient (Wildman–Crippen LogP) is 2.75. The molecule has 1 fully saturated rings. The first-order valence-corrected chi connectivity index (χ1v) is 9.54. The molecular weight excluding hydrogens is 380 g/mol. The molecule has 0 radical (unpaired) electrons. The molecule has 1 amide bonds. The number of halogens is 2. The van der Waals surface area contributed by atoms with Crippen molar-refractivity contribution >= 4 is 11.6 Å². The van der Waals surface area contributed by atoms with E-state index in [1.807, 2.05) is 9.30 Å². The Bertz CT molecular complexity index is 1030. The Balaban J connectivity index is 1.49. The number of carbonyl (C=O) groups excluding carboxylic acids is 1. The molecule has 0 aliphatic carbocycles. The van der Waals surface area contributed by atoms with Crippen molar-refractivity contribution in [1.29, 1.82) is 0 Å². The van der Waals surface area contributed by atoms with Crippen LogP contribution in [0.1, 0.15) is 37.1 Å². The van der Waals surface area contributed by atoms with Crippen molar-refractivity contribution in [1.82, 2.24) is 24.5 Å². The Morgan fingerprint density at radius 2 is 1.97 bits per heavy atom. The lowest BCUT2D eigenvalue weighted by Crippen LogP contribution is -2.36. The molecule has 152 valence electrons. The van der Waals surface area contributed by atoms with Gasteiger partial charge in [0.1, 0.15) is 5.82 Å². The second-order valence-corrected chi connectivity index (χ2v) is 7.12. The van der Waals surface area contributed by atoms with E-state index >= 15 is 0 Å². The Morgan fingerprint density at radius 3 is 2.69 bits per heavy atom. The maximum atomic E-state index is 13.4. The van der Waals surface area contributed by atoms with Crippen molar-refractivity contribution in [2.75, 3.05) is 19.7 Å². The number of amides is 1. The second-order valence-electron chi connectivity index (χ2n) is 7.12. The van der Waals surface area contributed by atoms with Crippen LogP contribution >= 0.6 is 0 Å². The summed E-state index contributed by atoms with van der Waals surface area (Å²) in [5.41, 5.74) is 1.23. The summed E-state index contributed by atoms with van der Waals surface area (Å²) in [5, 5.41) is 8.53. The second kappa shape index (κ2) is 8.10. The molecule has 4 rings (SSSR count). The van der Waals surface area contributed by atoms with Crippen molar-refractivity contribution in [2.45, 2.75) is 32.1 Å². The zero-order valence-electron chi connectivity index (χ0n) is 16.0. The van der Waals surface area contributed by atoms with E-state index in [1.165, 1.54) is 12.1 Å². The number of likely N-dealkylation sites (tertiary alicyclic amines) is 1. The first-order valence-electron chi connectivity index (χ1n) is 9.54. The SMILES string of the molecule is CC(=O)N1CCC(c2nnc3cncc(OCCc4ccc(F)c(F)c4)n23)CC1. The maximum absolute atomic E-state index is 13.4. The quantitative estimate of drug-likeness (QED) is 0.657. The summed E-state index contributed by atoms with van der Waals surface area (Å²) in [6, 6.07) is 3.82. The van der Waals surface area contributed by atoms with E-state index in [1.54, 1.807) is 19.3 Å². The van der Waals surface area contributed by atoms with Gasteiger partial charge in [-0.15, -0.1) is 10.2 Å². The van der Waals surface area contributed by atoms with Gasteiger partial charge in [-0.25, -0.2) is 13.2 Å². The van der Waals surface area contributed by atoms with Crippen LogP contribution in [0.5, 0.6) is 5.88 Å². The summed E-state index contributed by atoms with van der Waals surface area (Å²) in [6.07, 6.45) is 5.23. The zero-order valence-corrected chi connectivity index (χ0v) is 16.0. The van der Waals surface area contributed by atoms with Crippen LogP contribution in [-0.2, 0) is 11.2 Å². The van der Waals surface area contributed by atoms with E-state index in [0.29, 0.717) is 36.6 Å². The largest absolute Gasteiger partial charge is 0.477 e. The lowest BCUT2D eigenvalue weighted by Gasteiger charge is -2.30. The van der Waals surface area contributed by atoms with Crippen LogP contribution in [0.25, 0.3) is 5.65 Å². The predicted molar refractivity (Wildman–Crippen MR) is 101 cm³/mol. The van der Waals surface area contributed by atoms with Gasteiger partial charge in [0.05, 0.1) is 19.0 Å². The standard InChI is InChI=1S/C20H21F2N5O2/c1-13(28)26-7-4-15(5-8-26)20-25-24-18-11-23-12-19(27(18)20)29-9-6-14-2-3-16(21)17(22)10-14/h2-3,10-12,15H,4-9H2,1H3. The number of hydrogen-bond donors (Lipinski definition) is 0. The van der Waals surface area contributed by atoms with Crippen LogP contribution in [0.4, 0.5) is 8.78 Å². The fourth-order valence-electron chi connectivity index (χ4n) is 3.63. The summed E-state index contributed by atoms with van der Waals surface area (Å²) in [5.74, 6) is -0.207. The maximum Gasteiger partial charge on any atom is 0.219 e. The zero-order chi connectivity index (χ0) is 20.4. The lowest BCUT2D eigenvalue weighted by atomic mass is 9.96. The monoisotopic (exact) mass is 401 g/mol. The fourth-order valence-corrected chi connectivity index (χ4v) is 3.63.